The van der Waals surface area contributed by atoms with Crippen LogP contribution in [-0.4, -0.2) is 27.3 Å². The van der Waals surface area contributed by atoms with Gasteiger partial charge in [-0.25, -0.2) is 0 Å². The van der Waals surface area contributed by atoms with Crippen molar-refractivity contribution in [2.24, 2.45) is 0 Å². The van der Waals surface area contributed by atoms with E-state index in [1.54, 1.807) is 26.7 Å². The van der Waals surface area contributed by atoms with Crippen molar-refractivity contribution in [1.82, 2.24) is 0 Å². The molecule has 0 aliphatic carbocycles. The third-order valence-electron chi connectivity index (χ3n) is 2.41. The summed E-state index contributed by atoms with van der Waals surface area (Å²) in [5, 5.41) is 0. The Kier molecular flexibility index (Phi) is 4.98. The molecule has 1 aliphatic rings. The molecule has 0 amide bonds. The molecule has 1 aliphatic heterocycles. The van der Waals surface area contributed by atoms with E-state index in [-0.39, 0.29) is 0 Å². The molecule has 3 heteroatoms. The molecule has 1 atom stereocenters. The number of ether oxygens (including phenoxy) is 2. The van der Waals surface area contributed by atoms with Gasteiger partial charge in [-0.05, 0) is 17.7 Å². The molecule has 15 heavy (non-hydrogen) atoms. The Morgan fingerprint density at radius 3 is 2.33 bits per heavy atom. The second kappa shape index (κ2) is 6.30. The minimum Gasteiger partial charge on any atom is -0.504 e. The summed E-state index contributed by atoms with van der Waals surface area (Å²) in [6.07, 6.45) is 8.46. The van der Waals surface area contributed by atoms with Crippen LogP contribution in [0.15, 0.2) is 35.8 Å². The summed E-state index contributed by atoms with van der Waals surface area (Å²) in [6, 6.07) is 0. The van der Waals surface area contributed by atoms with Crippen molar-refractivity contribution in [1.29, 1.82) is 0 Å². The second-order valence-corrected chi connectivity index (χ2v) is 3.55. The SMILES string of the molecule is [CH2-][NH+]1CCC(/C=C/OC)=C(/C=C/OC)C1. The first kappa shape index (κ1) is 11.9. The molecule has 1 N–H and O–H groups in total. The van der Waals surface area contributed by atoms with Gasteiger partial charge in [-0.15, -0.1) is 0 Å². The molecule has 3 nitrogen and oxygen atoms in total. The summed E-state index contributed by atoms with van der Waals surface area (Å²) in [5.74, 6) is 0. The van der Waals surface area contributed by atoms with Gasteiger partial charge in [0.25, 0.3) is 0 Å². The first-order chi connectivity index (χ1) is 7.27. The van der Waals surface area contributed by atoms with Crippen molar-refractivity contribution in [3.05, 3.63) is 42.9 Å². The van der Waals surface area contributed by atoms with Crippen molar-refractivity contribution >= 4 is 0 Å². The van der Waals surface area contributed by atoms with Crippen molar-refractivity contribution < 1.29 is 14.4 Å². The molecule has 1 rings (SSSR count). The predicted molar refractivity (Wildman–Crippen MR) is 60.0 cm³/mol. The van der Waals surface area contributed by atoms with E-state index in [1.165, 1.54) is 16.0 Å². The van der Waals surface area contributed by atoms with E-state index in [4.69, 9.17) is 9.47 Å². The Hall–Kier alpha value is -1.22. The monoisotopic (exact) mass is 209 g/mol. The Balaban J connectivity index is 2.80. The van der Waals surface area contributed by atoms with E-state index in [2.05, 4.69) is 7.05 Å². The molecule has 0 saturated carbocycles. The van der Waals surface area contributed by atoms with Gasteiger partial charge in [0.1, 0.15) is 0 Å². The molecule has 0 aromatic carbocycles. The zero-order valence-electron chi connectivity index (χ0n) is 9.45. The maximum absolute atomic E-state index is 4.93. The number of rotatable bonds is 4. The summed E-state index contributed by atoms with van der Waals surface area (Å²) in [4.78, 5) is 1.28. The summed E-state index contributed by atoms with van der Waals surface area (Å²) in [7, 11) is 7.33. The van der Waals surface area contributed by atoms with Gasteiger partial charge in [0.05, 0.1) is 39.8 Å². The van der Waals surface area contributed by atoms with Crippen LogP contribution in [0.3, 0.4) is 0 Å². The lowest BCUT2D eigenvalue weighted by atomic mass is 10.0. The number of quaternary nitrogens is 1. The number of hydrogen-bond acceptors (Lipinski definition) is 2. The third-order valence-corrected chi connectivity index (χ3v) is 2.41. The van der Waals surface area contributed by atoms with Crippen LogP contribution in [-0.2, 0) is 9.47 Å². The van der Waals surface area contributed by atoms with Gasteiger partial charge in [-0.3, -0.25) is 0 Å². The number of nitrogens with one attached hydrogen (secondary N) is 1. The second-order valence-electron chi connectivity index (χ2n) is 3.55. The summed E-state index contributed by atoms with van der Waals surface area (Å²) in [5.41, 5.74) is 2.57. The average Bonchev–Trinajstić information content (AvgIpc) is 2.25. The van der Waals surface area contributed by atoms with Crippen LogP contribution < -0.4 is 4.90 Å². The lowest BCUT2D eigenvalue weighted by molar-refractivity contribution is -0.849. The Bertz CT molecular complexity index is 279. The lowest BCUT2D eigenvalue weighted by Crippen LogP contribution is -3.07. The van der Waals surface area contributed by atoms with Crippen LogP contribution in [0.4, 0.5) is 0 Å². The predicted octanol–water partition coefficient (Wildman–Crippen LogP) is 0.683. The zero-order chi connectivity index (χ0) is 11.1. The van der Waals surface area contributed by atoms with E-state index < -0.39 is 0 Å². The van der Waals surface area contributed by atoms with Crippen LogP contribution in [0, 0.1) is 7.05 Å². The molecule has 0 spiro atoms. The van der Waals surface area contributed by atoms with Crippen molar-refractivity contribution in [3.63, 3.8) is 0 Å². The highest BCUT2D eigenvalue weighted by atomic mass is 16.5. The molecule has 0 bridgehead atoms. The molecular formula is C12H19NO2. The zero-order valence-corrected chi connectivity index (χ0v) is 9.45. The topological polar surface area (TPSA) is 22.9 Å². The summed E-state index contributed by atoms with van der Waals surface area (Å²) >= 11 is 0. The molecule has 0 radical (unpaired) electrons. The summed E-state index contributed by atoms with van der Waals surface area (Å²) < 4.78 is 9.86. The normalized spacial score (nSPS) is 22.7. The van der Waals surface area contributed by atoms with Gasteiger partial charge in [0.2, 0.25) is 0 Å². The molecule has 0 aromatic heterocycles. The molecule has 84 valence electrons. The molecule has 0 saturated heterocycles. The number of methoxy groups -OCH3 is 2. The minimum absolute atomic E-state index is 0.934. The average molecular weight is 209 g/mol. The van der Waals surface area contributed by atoms with Gasteiger partial charge < -0.3 is 14.4 Å². The van der Waals surface area contributed by atoms with Crippen LogP contribution in [0.25, 0.3) is 0 Å². The molecule has 1 unspecified atom stereocenters. The summed E-state index contributed by atoms with van der Waals surface area (Å²) in [6.45, 7) is 2.00. The van der Waals surface area contributed by atoms with E-state index in [0.717, 1.165) is 19.5 Å². The molecule has 0 fully saturated rings. The van der Waals surface area contributed by atoms with E-state index in [1.807, 2.05) is 12.2 Å². The minimum atomic E-state index is 0.934. The lowest BCUT2D eigenvalue weighted by Gasteiger charge is -2.27. The highest BCUT2D eigenvalue weighted by molar-refractivity contribution is 5.33. The van der Waals surface area contributed by atoms with Crippen LogP contribution in [0.1, 0.15) is 6.42 Å². The molecule has 1 heterocycles. The fourth-order valence-corrected chi connectivity index (χ4v) is 1.60. The van der Waals surface area contributed by atoms with E-state index >= 15 is 0 Å². The maximum Gasteiger partial charge on any atom is 0.0829 e. The van der Waals surface area contributed by atoms with Crippen molar-refractivity contribution in [2.45, 2.75) is 6.42 Å². The Labute approximate surface area is 91.7 Å². The van der Waals surface area contributed by atoms with Crippen LogP contribution in [0.5, 0.6) is 0 Å². The third kappa shape index (κ3) is 3.80. The van der Waals surface area contributed by atoms with Gasteiger partial charge in [-0.2, -0.15) is 7.05 Å². The highest BCUT2D eigenvalue weighted by Gasteiger charge is 2.12. The van der Waals surface area contributed by atoms with Crippen molar-refractivity contribution in [3.8, 4) is 0 Å². The van der Waals surface area contributed by atoms with Crippen LogP contribution >= 0.6 is 0 Å². The quantitative estimate of drug-likeness (QED) is 0.543. The molecule has 0 aromatic rings. The van der Waals surface area contributed by atoms with E-state index in [0.29, 0.717) is 0 Å². The highest BCUT2D eigenvalue weighted by Crippen LogP contribution is 2.13. The van der Waals surface area contributed by atoms with E-state index in [9.17, 15) is 0 Å². The largest absolute Gasteiger partial charge is 0.504 e. The smallest absolute Gasteiger partial charge is 0.0829 e. The Morgan fingerprint density at radius 1 is 1.13 bits per heavy atom. The first-order valence-electron chi connectivity index (χ1n) is 5.05. The fraction of sp³-hybridized carbons (Fsp3) is 0.417. The van der Waals surface area contributed by atoms with Gasteiger partial charge in [-0.1, -0.05) is 0 Å². The Morgan fingerprint density at radius 2 is 1.73 bits per heavy atom. The number of hydrogen-bond donors (Lipinski definition) is 1. The van der Waals surface area contributed by atoms with Crippen molar-refractivity contribution in [2.75, 3.05) is 27.3 Å². The van der Waals surface area contributed by atoms with Gasteiger partial charge in [0.15, 0.2) is 0 Å². The van der Waals surface area contributed by atoms with Gasteiger partial charge >= 0.3 is 0 Å². The number of allylic oxidation sites excluding steroid dienone is 1. The molecular weight excluding hydrogens is 190 g/mol. The van der Waals surface area contributed by atoms with Crippen LogP contribution in [0.2, 0.25) is 0 Å². The fourth-order valence-electron chi connectivity index (χ4n) is 1.60. The first-order valence-corrected chi connectivity index (χ1v) is 5.05. The van der Waals surface area contributed by atoms with Gasteiger partial charge in [0, 0.05) is 12.0 Å². The maximum atomic E-state index is 4.93. The standard InChI is InChI=1S/C12H19NO2/c1-13-7-4-11(5-8-14-2)12(10-13)6-9-15-3/h5-6,8-9,13H,1,4,7,10H2,2-3H3/b8-5+,9-6+.